The predicted molar refractivity (Wildman–Crippen MR) is 106 cm³/mol. The van der Waals surface area contributed by atoms with E-state index in [-0.39, 0.29) is 11.8 Å². The second kappa shape index (κ2) is 7.39. The fraction of sp³-hybridized carbons (Fsp3) is 0.400. The Morgan fingerprint density at radius 2 is 2.14 bits per heavy atom. The van der Waals surface area contributed by atoms with Crippen LogP contribution in [0.25, 0.3) is 17.2 Å². The van der Waals surface area contributed by atoms with Crippen molar-refractivity contribution in [3.63, 3.8) is 0 Å². The van der Waals surface area contributed by atoms with Gasteiger partial charge < -0.3 is 9.42 Å². The Kier molecular flexibility index (Phi) is 4.93. The predicted octanol–water partition coefficient (Wildman–Crippen LogP) is 4.46. The van der Waals surface area contributed by atoms with Crippen LogP contribution in [0.15, 0.2) is 29.0 Å². The average molecular weight is 400 g/mol. The van der Waals surface area contributed by atoms with E-state index in [1.807, 2.05) is 35.4 Å². The van der Waals surface area contributed by atoms with E-state index < -0.39 is 0 Å². The summed E-state index contributed by atoms with van der Waals surface area (Å²) in [5.74, 6) is 1.06. The number of carbonyl (C=O) groups is 1. The van der Waals surface area contributed by atoms with Crippen molar-refractivity contribution >= 4 is 17.5 Å². The number of unbranched alkanes of at least 4 members (excludes halogenated alkanes) is 1. The molecule has 1 aliphatic rings. The molecule has 3 heterocycles. The number of amides is 1. The van der Waals surface area contributed by atoms with Gasteiger partial charge in [0.2, 0.25) is 11.7 Å². The van der Waals surface area contributed by atoms with Crippen LogP contribution >= 0.6 is 11.6 Å². The van der Waals surface area contributed by atoms with Crippen molar-refractivity contribution in [2.75, 3.05) is 6.54 Å². The topological polar surface area (TPSA) is 77.1 Å². The monoisotopic (exact) mass is 399 g/mol. The van der Waals surface area contributed by atoms with E-state index in [1.165, 1.54) is 0 Å². The minimum Gasteiger partial charge on any atom is -0.339 e. The lowest BCUT2D eigenvalue weighted by Crippen LogP contribution is -2.31. The number of halogens is 1. The molecule has 4 rings (SSSR count). The molecule has 0 N–H and O–H groups in total. The Morgan fingerprint density at radius 1 is 1.32 bits per heavy atom. The third-order valence-electron chi connectivity index (χ3n) is 4.89. The lowest BCUT2D eigenvalue weighted by atomic mass is 10.1. The highest BCUT2D eigenvalue weighted by atomic mass is 35.5. The first-order valence-corrected chi connectivity index (χ1v) is 9.87. The van der Waals surface area contributed by atoms with Gasteiger partial charge in [0.15, 0.2) is 0 Å². The third-order valence-corrected chi connectivity index (χ3v) is 5.20. The Labute approximate surface area is 168 Å². The maximum Gasteiger partial charge on any atom is 0.257 e. The quantitative estimate of drug-likeness (QED) is 0.633. The molecule has 0 unspecified atom stereocenters. The molecular formula is C20H22ClN5O2. The number of imidazole rings is 1. The van der Waals surface area contributed by atoms with Crippen LogP contribution in [0.5, 0.6) is 0 Å². The number of rotatable bonds is 5. The molecule has 28 heavy (non-hydrogen) atoms. The molecule has 0 radical (unpaired) electrons. The molecule has 146 valence electrons. The zero-order valence-corrected chi connectivity index (χ0v) is 16.9. The van der Waals surface area contributed by atoms with Crippen molar-refractivity contribution in [1.82, 2.24) is 24.6 Å². The standard InChI is InChI=1S/C20H22ClN5O2/c1-4-5-9-25-10-15-17(18-23-19(12(2)3)28-24-18)22-11-26(15)14-8-6-7-13(21)16(14)20(25)27/h6-8,11-12H,4-5,9-10H2,1-3H3. The molecule has 0 atom stereocenters. The highest BCUT2D eigenvalue weighted by Gasteiger charge is 2.31. The molecule has 1 aromatic carbocycles. The summed E-state index contributed by atoms with van der Waals surface area (Å²) in [7, 11) is 0. The first-order chi connectivity index (χ1) is 13.5. The van der Waals surface area contributed by atoms with E-state index in [9.17, 15) is 4.79 Å². The van der Waals surface area contributed by atoms with E-state index in [0.29, 0.717) is 41.1 Å². The van der Waals surface area contributed by atoms with E-state index in [1.54, 1.807) is 12.4 Å². The molecule has 1 aliphatic heterocycles. The van der Waals surface area contributed by atoms with Gasteiger partial charge in [-0.2, -0.15) is 4.98 Å². The molecular weight excluding hydrogens is 378 g/mol. The van der Waals surface area contributed by atoms with Crippen molar-refractivity contribution in [2.45, 2.75) is 46.1 Å². The van der Waals surface area contributed by atoms with E-state index in [0.717, 1.165) is 24.2 Å². The zero-order valence-electron chi connectivity index (χ0n) is 16.1. The minimum absolute atomic E-state index is 0.0697. The lowest BCUT2D eigenvalue weighted by molar-refractivity contribution is 0.0744. The SMILES string of the molecule is CCCCN1Cc2c(-c3noc(C(C)C)n3)ncn2-c2cccc(Cl)c2C1=O. The van der Waals surface area contributed by atoms with Gasteiger partial charge in [-0.05, 0) is 18.6 Å². The van der Waals surface area contributed by atoms with Crippen LogP contribution in [-0.4, -0.2) is 37.0 Å². The van der Waals surface area contributed by atoms with Crippen molar-refractivity contribution in [2.24, 2.45) is 0 Å². The second-order valence-corrected chi connectivity index (χ2v) is 7.64. The van der Waals surface area contributed by atoms with Crippen molar-refractivity contribution < 1.29 is 9.32 Å². The number of hydrogen-bond donors (Lipinski definition) is 0. The van der Waals surface area contributed by atoms with Crippen LogP contribution in [0, 0.1) is 0 Å². The van der Waals surface area contributed by atoms with Gasteiger partial charge >= 0.3 is 0 Å². The van der Waals surface area contributed by atoms with Crippen molar-refractivity contribution in [3.05, 3.63) is 46.7 Å². The Bertz CT molecular complexity index is 1020. The summed E-state index contributed by atoms with van der Waals surface area (Å²) in [6.45, 7) is 7.15. The Morgan fingerprint density at radius 3 is 2.86 bits per heavy atom. The summed E-state index contributed by atoms with van der Waals surface area (Å²) in [6, 6.07) is 5.46. The van der Waals surface area contributed by atoms with Crippen LogP contribution in [0.3, 0.4) is 0 Å². The van der Waals surface area contributed by atoms with E-state index >= 15 is 0 Å². The van der Waals surface area contributed by atoms with Gasteiger partial charge in [0.25, 0.3) is 5.91 Å². The van der Waals surface area contributed by atoms with Crippen molar-refractivity contribution in [1.29, 1.82) is 0 Å². The molecule has 8 heteroatoms. The van der Waals surface area contributed by atoms with Gasteiger partial charge in [0.1, 0.15) is 12.0 Å². The summed E-state index contributed by atoms with van der Waals surface area (Å²) in [6.07, 6.45) is 3.60. The molecule has 0 saturated carbocycles. The summed E-state index contributed by atoms with van der Waals surface area (Å²) < 4.78 is 7.27. The largest absolute Gasteiger partial charge is 0.339 e. The number of benzene rings is 1. The first-order valence-electron chi connectivity index (χ1n) is 9.49. The maximum absolute atomic E-state index is 13.2. The fourth-order valence-electron chi connectivity index (χ4n) is 3.35. The number of fused-ring (bicyclic) bond motifs is 3. The Balaban J connectivity index is 1.87. The molecule has 0 aliphatic carbocycles. The van der Waals surface area contributed by atoms with Crippen LogP contribution in [0.2, 0.25) is 5.02 Å². The number of hydrogen-bond acceptors (Lipinski definition) is 5. The van der Waals surface area contributed by atoms with E-state index in [2.05, 4.69) is 22.0 Å². The molecule has 0 saturated heterocycles. The Hall–Kier alpha value is -2.67. The van der Waals surface area contributed by atoms with Crippen molar-refractivity contribution in [3.8, 4) is 17.2 Å². The van der Waals surface area contributed by atoms with Crippen LogP contribution in [0.4, 0.5) is 0 Å². The molecule has 0 bridgehead atoms. The molecule has 2 aromatic heterocycles. The minimum atomic E-state index is -0.0697. The summed E-state index contributed by atoms with van der Waals surface area (Å²) in [5.41, 5.74) is 2.69. The average Bonchev–Trinajstić information content (AvgIpc) is 3.29. The highest BCUT2D eigenvalue weighted by Crippen LogP contribution is 2.33. The second-order valence-electron chi connectivity index (χ2n) is 7.24. The normalized spacial score (nSPS) is 13.6. The molecule has 1 amide bonds. The lowest BCUT2D eigenvalue weighted by Gasteiger charge is -2.21. The van der Waals surface area contributed by atoms with Gasteiger partial charge in [-0.3, -0.25) is 9.36 Å². The zero-order chi connectivity index (χ0) is 19.8. The third kappa shape index (κ3) is 3.09. The van der Waals surface area contributed by atoms with Gasteiger partial charge in [-0.15, -0.1) is 0 Å². The number of nitrogens with zero attached hydrogens (tertiary/aromatic N) is 5. The maximum atomic E-state index is 13.2. The van der Waals surface area contributed by atoms with Gasteiger partial charge in [0.05, 0.1) is 28.5 Å². The summed E-state index contributed by atoms with van der Waals surface area (Å²) in [4.78, 5) is 24.1. The van der Waals surface area contributed by atoms with Gasteiger partial charge in [-0.1, -0.05) is 50.0 Å². The molecule has 3 aromatic rings. The molecule has 7 nitrogen and oxygen atoms in total. The van der Waals surface area contributed by atoms with Crippen LogP contribution in [-0.2, 0) is 6.54 Å². The highest BCUT2D eigenvalue weighted by molar-refractivity contribution is 6.34. The summed E-state index contributed by atoms with van der Waals surface area (Å²) >= 11 is 6.42. The number of aromatic nitrogens is 4. The van der Waals surface area contributed by atoms with Gasteiger partial charge in [0, 0.05) is 12.5 Å². The van der Waals surface area contributed by atoms with Crippen LogP contribution < -0.4 is 0 Å². The van der Waals surface area contributed by atoms with E-state index in [4.69, 9.17) is 16.1 Å². The van der Waals surface area contributed by atoms with Crippen LogP contribution in [0.1, 0.15) is 61.5 Å². The molecule has 0 spiro atoms. The smallest absolute Gasteiger partial charge is 0.257 e. The summed E-state index contributed by atoms with van der Waals surface area (Å²) in [5, 5.41) is 4.55. The number of carbonyl (C=O) groups excluding carboxylic acids is 1. The fourth-order valence-corrected chi connectivity index (χ4v) is 3.60. The van der Waals surface area contributed by atoms with Gasteiger partial charge in [-0.25, -0.2) is 4.98 Å². The molecule has 0 fully saturated rings. The first kappa shape index (κ1) is 18.7.